The quantitative estimate of drug-likeness (QED) is 0.202. The highest BCUT2D eigenvalue weighted by atomic mass is 19.1. The summed E-state index contributed by atoms with van der Waals surface area (Å²) in [4.78, 5) is 0. The summed E-state index contributed by atoms with van der Waals surface area (Å²) in [6.45, 7) is 25.8. The number of halogens is 1. The molecule has 0 saturated heterocycles. The number of benzene rings is 4. The average Bonchev–Trinajstić information content (AvgIpc) is 3.35. The maximum absolute atomic E-state index is 19.4. The van der Waals surface area contributed by atoms with Crippen LogP contribution in [0.25, 0.3) is 0 Å². The molecule has 4 aromatic rings. The van der Waals surface area contributed by atoms with Crippen molar-refractivity contribution in [2.24, 2.45) is 0 Å². The van der Waals surface area contributed by atoms with Crippen molar-refractivity contribution in [1.82, 2.24) is 0 Å². The molecule has 44 heavy (non-hydrogen) atoms. The van der Waals surface area contributed by atoms with E-state index in [1.807, 2.05) is 0 Å². The van der Waals surface area contributed by atoms with E-state index in [4.69, 9.17) is 0 Å². The third-order valence-electron chi connectivity index (χ3n) is 10.2. The van der Waals surface area contributed by atoms with Gasteiger partial charge in [0.25, 0.3) is 0 Å². The van der Waals surface area contributed by atoms with Crippen LogP contribution in [0.4, 0.5) is 4.32 Å². The van der Waals surface area contributed by atoms with Crippen molar-refractivity contribution in [2.75, 3.05) is 0 Å². The maximum Gasteiger partial charge on any atom is 0.236 e. The SMILES string of the molecule is Cc1cc(C)c(B(C2=CC=CC2[B-](F)(c2c(C)cc(C)cc2C)c2c(C)cc(C)cc2C)c2c(C)cc(C)cc2C)c(C)c1. The van der Waals surface area contributed by atoms with E-state index in [0.717, 1.165) is 38.7 Å². The van der Waals surface area contributed by atoms with Gasteiger partial charge in [-0.05, 0) is 83.1 Å². The van der Waals surface area contributed by atoms with E-state index in [1.54, 1.807) is 0 Å². The Labute approximate surface area is 266 Å². The lowest BCUT2D eigenvalue weighted by molar-refractivity contribution is 0.799. The molecule has 1 aliphatic rings. The molecule has 4 aromatic carbocycles. The molecule has 0 bridgehead atoms. The summed E-state index contributed by atoms with van der Waals surface area (Å²) >= 11 is 0. The Bertz CT molecular complexity index is 1650. The summed E-state index contributed by atoms with van der Waals surface area (Å²) in [7, 11) is 0. The van der Waals surface area contributed by atoms with Crippen molar-refractivity contribution in [3.63, 3.8) is 0 Å². The van der Waals surface area contributed by atoms with Crippen molar-refractivity contribution in [1.29, 1.82) is 0 Å². The minimum absolute atomic E-state index is 0.0645. The Balaban J connectivity index is 1.89. The molecule has 0 fully saturated rings. The lowest BCUT2D eigenvalue weighted by Crippen LogP contribution is -2.63. The molecule has 0 nitrogen and oxygen atoms in total. The van der Waals surface area contributed by atoms with Crippen LogP contribution in [0.3, 0.4) is 0 Å². The van der Waals surface area contributed by atoms with Gasteiger partial charge in [0, 0.05) is 0 Å². The number of hydrogen-bond acceptors (Lipinski definition) is 0. The van der Waals surface area contributed by atoms with Crippen molar-refractivity contribution in [2.45, 2.75) is 88.9 Å². The smallest absolute Gasteiger partial charge is 0.236 e. The van der Waals surface area contributed by atoms with Gasteiger partial charge in [-0.15, -0.1) is 11.5 Å². The van der Waals surface area contributed by atoms with E-state index >= 15 is 4.32 Å². The van der Waals surface area contributed by atoms with Gasteiger partial charge in [-0.3, -0.25) is 0 Å². The molecular weight excluding hydrogens is 533 g/mol. The summed E-state index contributed by atoms with van der Waals surface area (Å²) in [5.41, 5.74) is 19.5. The molecule has 0 amide bonds. The van der Waals surface area contributed by atoms with Crippen LogP contribution in [0.1, 0.15) is 66.8 Å². The highest BCUT2D eigenvalue weighted by molar-refractivity contribution is 7.03. The number of hydrogen-bond donors (Lipinski definition) is 0. The summed E-state index contributed by atoms with van der Waals surface area (Å²) in [6.07, 6.45) is 3.79. The molecule has 5 rings (SSSR count). The van der Waals surface area contributed by atoms with Crippen molar-refractivity contribution in [3.8, 4) is 0 Å². The minimum atomic E-state index is -2.74. The fraction of sp³-hybridized carbons (Fsp3) is 0.317. The molecule has 1 atom stereocenters. The predicted molar refractivity (Wildman–Crippen MR) is 195 cm³/mol. The van der Waals surface area contributed by atoms with Crippen LogP contribution in [-0.2, 0) is 0 Å². The van der Waals surface area contributed by atoms with Crippen molar-refractivity contribution < 1.29 is 4.32 Å². The molecule has 0 radical (unpaired) electrons. The van der Waals surface area contributed by atoms with Gasteiger partial charge in [0.1, 0.15) is 0 Å². The number of aryl methyl sites for hydroxylation is 12. The fourth-order valence-electron chi connectivity index (χ4n) is 9.20. The van der Waals surface area contributed by atoms with Crippen LogP contribution in [-0.4, -0.2) is 13.1 Å². The van der Waals surface area contributed by atoms with Gasteiger partial charge >= 0.3 is 0 Å². The summed E-state index contributed by atoms with van der Waals surface area (Å²) in [5.74, 6) is -0.416. The zero-order valence-corrected chi connectivity index (χ0v) is 29.0. The van der Waals surface area contributed by atoms with Gasteiger partial charge in [-0.25, -0.2) is 0 Å². The van der Waals surface area contributed by atoms with E-state index in [9.17, 15) is 0 Å². The Kier molecular flexibility index (Phi) is 8.49. The zero-order valence-electron chi connectivity index (χ0n) is 29.0. The van der Waals surface area contributed by atoms with Gasteiger partial charge in [0.15, 0.2) is 0 Å². The predicted octanol–water partition coefficient (Wildman–Crippen LogP) is 8.13. The zero-order chi connectivity index (χ0) is 32.2. The van der Waals surface area contributed by atoms with Crippen LogP contribution in [0.15, 0.2) is 72.2 Å². The molecule has 0 N–H and O–H groups in total. The second-order valence-electron chi connectivity index (χ2n) is 14.1. The van der Waals surface area contributed by atoms with Gasteiger partial charge in [-0.2, -0.15) is 10.9 Å². The van der Waals surface area contributed by atoms with Gasteiger partial charge < -0.3 is 4.32 Å². The highest BCUT2D eigenvalue weighted by Gasteiger charge is 2.45. The third kappa shape index (κ3) is 5.33. The fourth-order valence-corrected chi connectivity index (χ4v) is 9.20. The lowest BCUT2D eigenvalue weighted by Gasteiger charge is -2.46. The van der Waals surface area contributed by atoms with Gasteiger partial charge in [0.2, 0.25) is 13.1 Å². The van der Waals surface area contributed by atoms with Crippen LogP contribution < -0.4 is 21.9 Å². The monoisotopic (exact) mass is 581 g/mol. The third-order valence-corrected chi connectivity index (χ3v) is 10.2. The van der Waals surface area contributed by atoms with E-state index in [2.05, 4.69) is 150 Å². The summed E-state index contributed by atoms with van der Waals surface area (Å²) in [6, 6.07) is 17.8. The highest BCUT2D eigenvalue weighted by Crippen LogP contribution is 2.40. The number of rotatable bonds is 6. The van der Waals surface area contributed by atoms with E-state index in [-0.39, 0.29) is 6.71 Å². The molecule has 0 spiro atoms. The van der Waals surface area contributed by atoms with Gasteiger partial charge in [0.05, 0.1) is 0 Å². The lowest BCUT2D eigenvalue weighted by atomic mass is 9.20. The van der Waals surface area contributed by atoms with Gasteiger partial charge in [-0.1, -0.05) is 144 Å². The second-order valence-corrected chi connectivity index (χ2v) is 14.1. The second kappa shape index (κ2) is 11.7. The first-order valence-corrected chi connectivity index (χ1v) is 16.2. The average molecular weight is 581 g/mol. The minimum Gasteiger partial charge on any atom is -0.504 e. The normalized spacial score (nSPS) is 14.8. The van der Waals surface area contributed by atoms with Crippen LogP contribution >= 0.6 is 0 Å². The molecular formula is C41H48B2F-. The summed E-state index contributed by atoms with van der Waals surface area (Å²) < 4.78 is 19.4. The molecule has 1 aliphatic carbocycles. The van der Waals surface area contributed by atoms with E-state index in [1.165, 1.54) is 55.4 Å². The molecule has 0 saturated carbocycles. The standard InChI is InChI=1S/C41H48B2F/c1-24-16-28(5)38(29(6)17-24)42(39-30(7)18-25(2)19-31(39)8)36-14-13-15-37(36)43(44,40-32(9)20-26(3)21-33(40)10)41-34(11)22-27(4)23-35(41)12/h13-23,37H,1-12H3/q-1. The Hall–Kier alpha value is -3.58. The largest absolute Gasteiger partial charge is 0.504 e. The molecule has 0 heterocycles. The molecule has 0 aliphatic heterocycles. The first kappa shape index (κ1) is 31.8. The Morgan fingerprint density at radius 1 is 0.477 bits per heavy atom. The van der Waals surface area contributed by atoms with Crippen LogP contribution in [0, 0.1) is 83.1 Å². The topological polar surface area (TPSA) is 0 Å². The maximum atomic E-state index is 19.4. The van der Waals surface area contributed by atoms with Crippen LogP contribution in [0.2, 0.25) is 5.82 Å². The summed E-state index contributed by atoms with van der Waals surface area (Å²) in [5, 5.41) is 0. The first-order chi connectivity index (χ1) is 20.6. The molecule has 226 valence electrons. The Morgan fingerprint density at radius 2 is 0.773 bits per heavy atom. The molecule has 0 aromatic heterocycles. The molecule has 1 unspecified atom stereocenters. The van der Waals surface area contributed by atoms with E-state index in [0.29, 0.717) is 0 Å². The van der Waals surface area contributed by atoms with E-state index < -0.39 is 12.2 Å². The van der Waals surface area contributed by atoms with Crippen LogP contribution in [0.5, 0.6) is 0 Å². The van der Waals surface area contributed by atoms with Crippen molar-refractivity contribution in [3.05, 3.63) is 139 Å². The number of allylic oxidation sites excluding steroid dienone is 4. The molecule has 3 heteroatoms. The van der Waals surface area contributed by atoms with Crippen molar-refractivity contribution >= 4 is 35.0 Å². The first-order valence-electron chi connectivity index (χ1n) is 16.2. The Morgan fingerprint density at radius 3 is 1.09 bits per heavy atom.